The quantitative estimate of drug-likeness (QED) is 0.0551. The molecule has 0 spiro atoms. The van der Waals surface area contributed by atoms with Crippen molar-refractivity contribution in [2.24, 2.45) is 5.84 Å². The number of hydrogen-bond acceptors (Lipinski definition) is 14. The molecule has 7 N–H and O–H groups in total. The van der Waals surface area contributed by atoms with Gasteiger partial charge in [-0.05, 0) is 54.4 Å². The highest BCUT2D eigenvalue weighted by atomic mass is 35.5. The van der Waals surface area contributed by atoms with Gasteiger partial charge in [-0.2, -0.15) is 0 Å². The highest BCUT2D eigenvalue weighted by molar-refractivity contribution is 7.22. The minimum atomic E-state index is -1.55. The summed E-state index contributed by atoms with van der Waals surface area (Å²) in [4.78, 5) is 53.9. The molecule has 1 amide bonds. The van der Waals surface area contributed by atoms with E-state index in [9.17, 15) is 23.9 Å². The first-order valence-corrected chi connectivity index (χ1v) is 21.5. The number of aliphatic hydroxyl groups is 1. The molecular weight excluding hydrogens is 868 g/mol. The first kappa shape index (κ1) is 42.6. The number of likely N-dealkylation sites (tertiary alicyclic amines) is 1. The third-order valence-electron chi connectivity index (χ3n) is 11.8. The summed E-state index contributed by atoms with van der Waals surface area (Å²) >= 11 is 7.65. The van der Waals surface area contributed by atoms with Crippen LogP contribution in [0, 0.1) is 11.6 Å². The molecule has 3 aliphatic heterocycles. The number of aryl methyl sites for hydroxylation is 1. The molecule has 19 heteroatoms. The molecule has 3 aromatic carbocycles. The van der Waals surface area contributed by atoms with Crippen LogP contribution < -0.4 is 32.6 Å². The first-order valence-electron chi connectivity index (χ1n) is 20.4. The number of hydrazine groups is 1. The van der Waals surface area contributed by atoms with Gasteiger partial charge in [-0.15, -0.1) is 0 Å². The molecule has 1 saturated heterocycles. The van der Waals surface area contributed by atoms with Gasteiger partial charge in [0.25, 0.3) is 11.5 Å². The van der Waals surface area contributed by atoms with Crippen molar-refractivity contribution in [3.05, 3.63) is 110 Å². The van der Waals surface area contributed by atoms with Crippen molar-refractivity contribution in [1.82, 2.24) is 24.4 Å². The van der Waals surface area contributed by atoms with Crippen LogP contribution in [0.25, 0.3) is 54.5 Å². The van der Waals surface area contributed by atoms with Crippen LogP contribution in [0.4, 0.5) is 25.3 Å². The molecule has 0 aliphatic carbocycles. The van der Waals surface area contributed by atoms with Crippen molar-refractivity contribution in [3.8, 4) is 28.3 Å². The summed E-state index contributed by atoms with van der Waals surface area (Å²) in [5, 5.41) is 13.0. The number of carbonyl (C=O) groups excluding carboxylic acids is 2. The Labute approximate surface area is 372 Å². The Morgan fingerprint density at radius 2 is 1.84 bits per heavy atom. The Hall–Kier alpha value is -6.73. The fourth-order valence-corrected chi connectivity index (χ4v) is 9.67. The molecule has 15 nitrogen and oxygen atoms in total. The second-order valence-corrected chi connectivity index (χ2v) is 16.7. The molecule has 0 radical (unpaired) electrons. The van der Waals surface area contributed by atoms with Crippen molar-refractivity contribution in [2.75, 3.05) is 36.2 Å². The highest BCUT2D eigenvalue weighted by Gasteiger charge is 2.38. The van der Waals surface area contributed by atoms with Gasteiger partial charge in [-0.3, -0.25) is 14.6 Å². The van der Waals surface area contributed by atoms with Gasteiger partial charge in [0.15, 0.2) is 17.1 Å². The van der Waals surface area contributed by atoms with Crippen molar-refractivity contribution < 1.29 is 33.0 Å². The maximum absolute atomic E-state index is 16.4. The van der Waals surface area contributed by atoms with Crippen LogP contribution in [0.5, 0.6) is 5.75 Å². The van der Waals surface area contributed by atoms with E-state index in [1.807, 2.05) is 26.8 Å². The number of amides is 1. The number of benzene rings is 3. The highest BCUT2D eigenvalue weighted by Crippen LogP contribution is 2.44. The molecule has 0 saturated carbocycles. The Morgan fingerprint density at radius 1 is 1.08 bits per heavy atom. The number of rotatable bonds is 8. The standard InChI is InChI=1S/C43H34ClF2N9O6S.C2H6/c1-3-20-22-8-19(4-7-30(22)51-34-25(20)14-54-31(34)10-23-26(41(54)58)16-61-42(59)38(23)56)60-15-17(2)40(57)53-12-18(13-53)55(49)37-24-9-27(44)32(33(46)35(24)50-11-29(37)47)21-5-6-28(45)39-36(21)52-43(48)62-39;1-2/h4-11,18,38,56H,2-3,12-16,47,49H2,1H3,(H2,48,52);1-2H3. The van der Waals surface area contributed by atoms with E-state index >= 15 is 4.39 Å². The van der Waals surface area contributed by atoms with Crippen LogP contribution in [-0.2, 0) is 33.9 Å². The number of cyclic esters (lactones) is 1. The number of nitrogens with two attached hydrogens (primary N) is 3. The van der Waals surface area contributed by atoms with Crippen molar-refractivity contribution in [3.63, 3.8) is 0 Å². The van der Waals surface area contributed by atoms with Gasteiger partial charge in [0.2, 0.25) is 0 Å². The molecule has 0 bridgehead atoms. The maximum atomic E-state index is 16.4. The number of carbonyl (C=O) groups is 2. The van der Waals surface area contributed by atoms with E-state index in [4.69, 9.17) is 43.4 Å². The average Bonchev–Trinajstić information content (AvgIpc) is 3.85. The van der Waals surface area contributed by atoms with Crippen LogP contribution in [0.3, 0.4) is 0 Å². The number of anilines is 3. The number of fused-ring (bicyclic) bond motifs is 7. The summed E-state index contributed by atoms with van der Waals surface area (Å²) in [5.74, 6) is 4.63. The van der Waals surface area contributed by atoms with E-state index in [-0.39, 0.29) is 115 Å². The number of ether oxygens (including phenoxy) is 2. The average molecular weight is 908 g/mol. The monoisotopic (exact) mass is 907 g/mol. The number of nitrogen functional groups attached to an aromatic ring is 2. The first-order chi connectivity index (χ1) is 30.7. The summed E-state index contributed by atoms with van der Waals surface area (Å²) in [6.45, 7) is 10.3. The molecule has 328 valence electrons. The molecule has 7 heterocycles. The van der Waals surface area contributed by atoms with Crippen LogP contribution in [0.2, 0.25) is 5.02 Å². The fourth-order valence-electron chi connectivity index (χ4n) is 8.61. The number of pyridine rings is 3. The lowest BCUT2D eigenvalue weighted by molar-refractivity contribution is -0.157. The SMILES string of the molecule is C=C(COc1ccc2nc3c(c(CC)c2c1)Cn1c-3cc2c(c1=O)COC(=O)C2O)C(=O)N1CC(N(N)c2c(N)cnc3c(F)c(-c4ccc(F)c5sc(N)nc45)c(Cl)cc23)C1.CC. The van der Waals surface area contributed by atoms with Gasteiger partial charge in [0.1, 0.15) is 30.3 Å². The number of aromatic nitrogens is 4. The van der Waals surface area contributed by atoms with Crippen LogP contribution >= 0.6 is 22.9 Å². The third-order valence-corrected chi connectivity index (χ3v) is 12.9. The van der Waals surface area contributed by atoms with Crippen molar-refractivity contribution in [1.29, 1.82) is 0 Å². The summed E-state index contributed by atoms with van der Waals surface area (Å²) in [5.41, 5.74) is 16.9. The predicted molar refractivity (Wildman–Crippen MR) is 242 cm³/mol. The van der Waals surface area contributed by atoms with E-state index in [2.05, 4.69) is 16.5 Å². The van der Waals surface area contributed by atoms with Gasteiger partial charge in [0.05, 0.1) is 67.9 Å². The van der Waals surface area contributed by atoms with E-state index < -0.39 is 29.7 Å². The van der Waals surface area contributed by atoms with E-state index in [0.717, 1.165) is 27.8 Å². The number of aliphatic hydroxyl groups excluding tert-OH is 1. The zero-order chi connectivity index (χ0) is 45.5. The second kappa shape index (κ2) is 16.1. The Bertz CT molecular complexity index is 3230. The Balaban J connectivity index is 0.00000256. The van der Waals surface area contributed by atoms with Gasteiger partial charge in [-0.1, -0.05) is 50.3 Å². The maximum Gasteiger partial charge on any atom is 0.340 e. The summed E-state index contributed by atoms with van der Waals surface area (Å²) < 4.78 is 43.8. The topological polar surface area (TPSA) is 218 Å². The normalized spacial score (nSPS) is 15.3. The predicted octanol–water partition coefficient (Wildman–Crippen LogP) is 6.55. The van der Waals surface area contributed by atoms with E-state index in [1.165, 1.54) is 29.4 Å². The number of nitrogens with zero attached hydrogens (tertiary/aromatic N) is 6. The molecule has 10 rings (SSSR count). The molecular formula is C45H40ClF2N9O6S. The zero-order valence-corrected chi connectivity index (χ0v) is 36.2. The lowest BCUT2D eigenvalue weighted by Gasteiger charge is -2.44. The largest absolute Gasteiger partial charge is 0.489 e. The van der Waals surface area contributed by atoms with Gasteiger partial charge in [-0.25, -0.2) is 29.4 Å². The molecule has 64 heavy (non-hydrogen) atoms. The summed E-state index contributed by atoms with van der Waals surface area (Å²) in [6, 6.07) is 10.7. The summed E-state index contributed by atoms with van der Waals surface area (Å²) in [6.07, 6.45) is 0.358. The number of esters is 1. The molecule has 1 fully saturated rings. The lowest BCUT2D eigenvalue weighted by Crippen LogP contribution is -2.63. The number of thiazole rings is 1. The molecule has 7 aromatic rings. The molecule has 4 aromatic heterocycles. The van der Waals surface area contributed by atoms with E-state index in [0.29, 0.717) is 29.1 Å². The van der Waals surface area contributed by atoms with Gasteiger partial charge < -0.3 is 40.5 Å². The zero-order valence-electron chi connectivity index (χ0n) is 34.7. The number of hydrogen-bond donors (Lipinski definition) is 4. The van der Waals surface area contributed by atoms with Crippen molar-refractivity contribution in [2.45, 2.75) is 52.5 Å². The van der Waals surface area contributed by atoms with Crippen LogP contribution in [0.15, 0.2) is 65.6 Å². The molecule has 1 unspecified atom stereocenters. The van der Waals surface area contributed by atoms with Crippen molar-refractivity contribution >= 4 is 83.3 Å². The molecule has 3 aliphatic rings. The van der Waals surface area contributed by atoms with Gasteiger partial charge in [0, 0.05) is 51.7 Å². The summed E-state index contributed by atoms with van der Waals surface area (Å²) in [7, 11) is 0. The minimum Gasteiger partial charge on any atom is -0.489 e. The lowest BCUT2D eigenvalue weighted by atomic mass is 9.97. The molecule has 1 atom stereocenters. The number of halogens is 3. The minimum absolute atomic E-state index is 0.00619. The third kappa shape index (κ3) is 6.67. The van der Waals surface area contributed by atoms with Crippen LogP contribution in [-0.4, -0.2) is 67.1 Å². The Kier molecular flexibility index (Phi) is 10.7. The van der Waals surface area contributed by atoms with E-state index in [1.54, 1.807) is 27.7 Å². The smallest absolute Gasteiger partial charge is 0.340 e. The fraction of sp³-hybridized carbons (Fsp3) is 0.244. The van der Waals surface area contributed by atoms with Gasteiger partial charge >= 0.3 is 5.97 Å². The Morgan fingerprint density at radius 3 is 2.59 bits per heavy atom. The second-order valence-electron chi connectivity index (χ2n) is 15.3. The van der Waals surface area contributed by atoms with Crippen LogP contribution in [0.1, 0.15) is 49.1 Å².